The largest absolute Gasteiger partial charge is 0.478 e. The highest BCUT2D eigenvalue weighted by molar-refractivity contribution is 5.90. The van der Waals surface area contributed by atoms with E-state index in [2.05, 4.69) is 4.90 Å². The predicted molar refractivity (Wildman–Crippen MR) is 78.4 cm³/mol. The van der Waals surface area contributed by atoms with Crippen molar-refractivity contribution in [2.75, 3.05) is 31.2 Å². The fraction of sp³-hybridized carbons (Fsp3) is 0.533. The number of aryl methyl sites for hydroxylation is 1. The van der Waals surface area contributed by atoms with Crippen molar-refractivity contribution in [3.05, 3.63) is 29.3 Å². The SMILES string of the molecule is CCc1cc(N(CCCO)CCCO)ccc1C(=O)O. The van der Waals surface area contributed by atoms with Gasteiger partial charge in [-0.1, -0.05) is 6.92 Å². The lowest BCUT2D eigenvalue weighted by molar-refractivity contribution is 0.0695. The second kappa shape index (κ2) is 8.55. The minimum Gasteiger partial charge on any atom is -0.478 e. The molecule has 0 bridgehead atoms. The quantitative estimate of drug-likeness (QED) is 0.639. The lowest BCUT2D eigenvalue weighted by Crippen LogP contribution is -2.27. The van der Waals surface area contributed by atoms with Gasteiger partial charge in [0.2, 0.25) is 0 Å². The van der Waals surface area contributed by atoms with Gasteiger partial charge < -0.3 is 20.2 Å². The van der Waals surface area contributed by atoms with Crippen LogP contribution in [0.25, 0.3) is 0 Å². The Bertz CT molecular complexity index is 426. The maximum atomic E-state index is 11.1. The van der Waals surface area contributed by atoms with Gasteiger partial charge >= 0.3 is 5.97 Å². The van der Waals surface area contributed by atoms with Gasteiger partial charge in [-0.15, -0.1) is 0 Å². The van der Waals surface area contributed by atoms with Crippen LogP contribution in [0.2, 0.25) is 0 Å². The smallest absolute Gasteiger partial charge is 0.335 e. The standard InChI is InChI=1S/C15H23NO4/c1-2-12-11-13(5-6-14(12)15(19)20)16(7-3-9-17)8-4-10-18/h5-6,11,17-18H,2-4,7-10H2,1H3,(H,19,20). The van der Waals surface area contributed by atoms with E-state index >= 15 is 0 Å². The summed E-state index contributed by atoms with van der Waals surface area (Å²) >= 11 is 0. The summed E-state index contributed by atoms with van der Waals surface area (Å²) in [5.41, 5.74) is 2.07. The van der Waals surface area contributed by atoms with E-state index in [1.165, 1.54) is 0 Å². The molecule has 0 aliphatic carbocycles. The van der Waals surface area contributed by atoms with Crippen molar-refractivity contribution in [3.8, 4) is 0 Å². The number of aliphatic hydroxyl groups excluding tert-OH is 2. The van der Waals surface area contributed by atoms with Crippen LogP contribution < -0.4 is 4.90 Å². The van der Waals surface area contributed by atoms with Crippen molar-refractivity contribution in [3.63, 3.8) is 0 Å². The molecule has 1 aromatic carbocycles. The first-order chi connectivity index (χ1) is 9.63. The Hall–Kier alpha value is -1.59. The predicted octanol–water partition coefficient (Wildman–Crippen LogP) is 1.52. The topological polar surface area (TPSA) is 81.0 Å². The molecular weight excluding hydrogens is 258 g/mol. The number of benzene rings is 1. The Labute approximate surface area is 119 Å². The van der Waals surface area contributed by atoms with Crippen LogP contribution in [0.3, 0.4) is 0 Å². The Morgan fingerprint density at radius 3 is 2.20 bits per heavy atom. The minimum absolute atomic E-state index is 0.115. The average molecular weight is 281 g/mol. The van der Waals surface area contributed by atoms with Crippen LogP contribution in [0.4, 0.5) is 5.69 Å². The zero-order valence-corrected chi connectivity index (χ0v) is 11.9. The fourth-order valence-corrected chi connectivity index (χ4v) is 2.17. The molecule has 0 fully saturated rings. The molecule has 0 unspecified atom stereocenters. The molecule has 0 spiro atoms. The van der Waals surface area contributed by atoms with Gasteiger partial charge in [0.25, 0.3) is 0 Å². The molecular formula is C15H23NO4. The second-order valence-corrected chi connectivity index (χ2v) is 4.64. The van der Waals surface area contributed by atoms with E-state index in [4.69, 9.17) is 15.3 Å². The van der Waals surface area contributed by atoms with Crippen molar-refractivity contribution in [1.82, 2.24) is 0 Å². The molecule has 1 rings (SSSR count). The summed E-state index contributed by atoms with van der Waals surface area (Å²) in [5.74, 6) is -0.911. The molecule has 0 aromatic heterocycles. The first-order valence-corrected chi connectivity index (χ1v) is 6.96. The number of carboxylic acids is 1. The lowest BCUT2D eigenvalue weighted by Gasteiger charge is -2.25. The Balaban J connectivity index is 2.97. The van der Waals surface area contributed by atoms with Gasteiger partial charge in [0.1, 0.15) is 0 Å². The highest BCUT2D eigenvalue weighted by Crippen LogP contribution is 2.21. The second-order valence-electron chi connectivity index (χ2n) is 4.64. The summed E-state index contributed by atoms with van der Waals surface area (Å²) in [7, 11) is 0. The zero-order valence-electron chi connectivity index (χ0n) is 11.9. The number of hydrogen-bond donors (Lipinski definition) is 3. The van der Waals surface area contributed by atoms with Crippen LogP contribution in [0, 0.1) is 0 Å². The molecule has 0 aliphatic rings. The summed E-state index contributed by atoms with van der Waals surface area (Å²) in [6.07, 6.45) is 1.95. The Morgan fingerprint density at radius 1 is 1.15 bits per heavy atom. The molecule has 0 saturated carbocycles. The summed E-state index contributed by atoms with van der Waals surface area (Å²) in [5, 5.41) is 27.0. The number of aromatic carboxylic acids is 1. The fourth-order valence-electron chi connectivity index (χ4n) is 2.17. The molecule has 0 saturated heterocycles. The van der Waals surface area contributed by atoms with Gasteiger partial charge in [-0.25, -0.2) is 4.79 Å². The van der Waals surface area contributed by atoms with Crippen LogP contribution in [0.1, 0.15) is 35.7 Å². The number of carboxylic acid groups (broad SMARTS) is 1. The summed E-state index contributed by atoms with van der Waals surface area (Å²) < 4.78 is 0. The maximum Gasteiger partial charge on any atom is 0.335 e. The molecule has 5 nitrogen and oxygen atoms in total. The van der Waals surface area contributed by atoms with E-state index in [1.807, 2.05) is 13.0 Å². The molecule has 5 heteroatoms. The number of nitrogens with zero attached hydrogens (tertiary/aromatic N) is 1. The highest BCUT2D eigenvalue weighted by Gasteiger charge is 2.12. The van der Waals surface area contributed by atoms with E-state index in [-0.39, 0.29) is 13.2 Å². The van der Waals surface area contributed by atoms with E-state index in [9.17, 15) is 4.79 Å². The Morgan fingerprint density at radius 2 is 1.75 bits per heavy atom. The van der Waals surface area contributed by atoms with Crippen LogP contribution in [-0.2, 0) is 6.42 Å². The third-order valence-electron chi connectivity index (χ3n) is 3.24. The number of hydrogen-bond acceptors (Lipinski definition) is 4. The van der Waals surface area contributed by atoms with Gasteiger partial charge in [-0.05, 0) is 43.0 Å². The zero-order chi connectivity index (χ0) is 15.0. The van der Waals surface area contributed by atoms with Crippen LogP contribution in [0.15, 0.2) is 18.2 Å². The first-order valence-electron chi connectivity index (χ1n) is 6.96. The molecule has 20 heavy (non-hydrogen) atoms. The van der Waals surface area contributed by atoms with Gasteiger partial charge in [0.15, 0.2) is 0 Å². The number of carbonyl (C=O) groups is 1. The van der Waals surface area contributed by atoms with Crippen molar-refractivity contribution in [2.24, 2.45) is 0 Å². The van der Waals surface area contributed by atoms with Gasteiger partial charge in [0.05, 0.1) is 5.56 Å². The van der Waals surface area contributed by atoms with Crippen LogP contribution in [-0.4, -0.2) is 47.6 Å². The number of aliphatic hydroxyl groups is 2. The third kappa shape index (κ3) is 4.51. The van der Waals surface area contributed by atoms with Crippen molar-refractivity contribution in [2.45, 2.75) is 26.2 Å². The summed E-state index contributed by atoms with van der Waals surface area (Å²) in [6.45, 7) is 3.53. The van der Waals surface area contributed by atoms with Gasteiger partial charge in [-0.2, -0.15) is 0 Å². The normalized spacial score (nSPS) is 10.6. The molecule has 1 aromatic rings. The monoisotopic (exact) mass is 281 g/mol. The van der Waals surface area contributed by atoms with Crippen molar-refractivity contribution < 1.29 is 20.1 Å². The molecule has 0 radical (unpaired) electrons. The van der Waals surface area contributed by atoms with E-state index in [0.717, 1.165) is 11.3 Å². The molecule has 3 N–H and O–H groups in total. The number of anilines is 1. The molecule has 0 amide bonds. The van der Waals surface area contributed by atoms with Crippen LogP contribution in [0.5, 0.6) is 0 Å². The highest BCUT2D eigenvalue weighted by atomic mass is 16.4. The van der Waals surface area contributed by atoms with E-state index in [1.54, 1.807) is 12.1 Å². The van der Waals surface area contributed by atoms with E-state index < -0.39 is 5.97 Å². The third-order valence-corrected chi connectivity index (χ3v) is 3.24. The van der Waals surface area contributed by atoms with E-state index in [0.29, 0.717) is 37.9 Å². The summed E-state index contributed by atoms with van der Waals surface area (Å²) in [6, 6.07) is 5.30. The van der Waals surface area contributed by atoms with Crippen molar-refractivity contribution in [1.29, 1.82) is 0 Å². The molecule has 0 heterocycles. The lowest BCUT2D eigenvalue weighted by atomic mass is 10.0. The first kappa shape index (κ1) is 16.5. The molecule has 112 valence electrons. The maximum absolute atomic E-state index is 11.1. The minimum atomic E-state index is -0.911. The van der Waals surface area contributed by atoms with Crippen LogP contribution >= 0.6 is 0 Å². The molecule has 0 aliphatic heterocycles. The number of rotatable bonds is 9. The average Bonchev–Trinajstić information content (AvgIpc) is 2.46. The van der Waals surface area contributed by atoms with Gasteiger partial charge in [0, 0.05) is 32.0 Å². The van der Waals surface area contributed by atoms with Gasteiger partial charge in [-0.3, -0.25) is 0 Å². The Kier molecular flexibility index (Phi) is 7.04. The molecule has 0 atom stereocenters. The summed E-state index contributed by atoms with van der Waals surface area (Å²) in [4.78, 5) is 13.2. The van der Waals surface area contributed by atoms with Crippen molar-refractivity contribution >= 4 is 11.7 Å².